The van der Waals surface area contributed by atoms with Gasteiger partial charge < -0.3 is 31.7 Å². The van der Waals surface area contributed by atoms with Gasteiger partial charge in [0.2, 0.25) is 23.5 Å². The van der Waals surface area contributed by atoms with Gasteiger partial charge in [0.15, 0.2) is 0 Å². The van der Waals surface area contributed by atoms with Gasteiger partial charge >= 0.3 is 5.97 Å². The smallest absolute Gasteiger partial charge is 0.328 e. The number of rotatable bonds is 12. The first-order valence-corrected chi connectivity index (χ1v) is 18.2. The lowest BCUT2D eigenvalue weighted by Crippen LogP contribution is -2.56. The Morgan fingerprint density at radius 2 is 1.65 bits per heavy atom. The lowest BCUT2D eigenvalue weighted by molar-refractivity contribution is -0.146. The molecule has 6 rings (SSSR count). The number of aromatic nitrogens is 4. The van der Waals surface area contributed by atoms with E-state index in [1.165, 1.54) is 7.11 Å². The summed E-state index contributed by atoms with van der Waals surface area (Å²) < 4.78 is 4.71. The normalized spacial score (nSPS) is 20.2. The zero-order valence-corrected chi connectivity index (χ0v) is 30.3. The number of hydrogen-bond donors (Lipinski definition) is 6. The maximum atomic E-state index is 13.7. The van der Waals surface area contributed by atoms with Crippen molar-refractivity contribution in [2.45, 2.75) is 70.0 Å². The summed E-state index contributed by atoms with van der Waals surface area (Å²) in [6, 6.07) is 17.8. The molecule has 2 heterocycles. The highest BCUT2D eigenvalue weighted by Gasteiger charge is 2.33. The van der Waals surface area contributed by atoms with E-state index in [9.17, 15) is 24.0 Å². The maximum absolute atomic E-state index is 13.7. The number of piperidine rings is 1. The van der Waals surface area contributed by atoms with Crippen LogP contribution >= 0.6 is 0 Å². The van der Waals surface area contributed by atoms with Crippen molar-refractivity contribution >= 4 is 35.3 Å². The zero-order chi connectivity index (χ0) is 38.2. The van der Waals surface area contributed by atoms with Gasteiger partial charge in [-0.25, -0.2) is 4.79 Å². The van der Waals surface area contributed by atoms with Crippen LogP contribution in [-0.2, 0) is 30.3 Å². The van der Waals surface area contributed by atoms with Crippen LogP contribution in [0, 0.1) is 18.8 Å². The highest BCUT2D eigenvalue weighted by molar-refractivity contribution is 5.99. The highest BCUT2D eigenvalue weighted by Crippen LogP contribution is 2.29. The standard InChI is InChI=1S/C39H45N9O6/c1-22-19-28(36(50)42-31-17-18-32(39(53)54-2)43-37(31)51)13-16-30(22)25-7-3-23(4-8-25)20-33(44-35(49)27-9-5-24(21-40)6-10-27)38(52)41-29-14-11-26(12-15-29)34-45-47-48-46-34/h3-4,7-8,11-16,19,24,27,31-33H,5-6,9-10,17-18,20-21,40H2,1-2H3,(H,41,52)(H,42,50)(H,43,51)(H,44,49)(H,45,46,47,48). The minimum Gasteiger partial charge on any atom is -0.467 e. The first kappa shape index (κ1) is 37.8. The Morgan fingerprint density at radius 1 is 0.926 bits per heavy atom. The van der Waals surface area contributed by atoms with Crippen LogP contribution in [0.5, 0.6) is 0 Å². The molecule has 1 aliphatic heterocycles. The fraction of sp³-hybridized carbons (Fsp3) is 0.385. The summed E-state index contributed by atoms with van der Waals surface area (Å²) in [5.74, 6) is -1.12. The number of carbonyl (C=O) groups excluding carboxylic acids is 5. The largest absolute Gasteiger partial charge is 0.467 e. The van der Waals surface area contributed by atoms with Crippen LogP contribution in [-0.4, -0.2) is 82.0 Å². The SMILES string of the molecule is COC(=O)C1CCC(NC(=O)c2ccc(-c3ccc(CC(NC(=O)C4CCC(CN)CC4)C(=O)Nc4ccc(-c5nn[nH]n5)cc4)cc3)c(C)c2)C(=O)N1. The molecule has 1 saturated heterocycles. The number of amides is 4. The van der Waals surface area contributed by atoms with Gasteiger partial charge in [0.1, 0.15) is 18.1 Å². The average molecular weight is 736 g/mol. The summed E-state index contributed by atoms with van der Waals surface area (Å²) in [5, 5.41) is 25.3. The van der Waals surface area contributed by atoms with Crippen molar-refractivity contribution in [2.24, 2.45) is 17.6 Å². The van der Waals surface area contributed by atoms with Crippen LogP contribution in [0.25, 0.3) is 22.5 Å². The molecule has 3 atom stereocenters. The van der Waals surface area contributed by atoms with E-state index >= 15 is 0 Å². The van der Waals surface area contributed by atoms with Crippen molar-refractivity contribution < 1.29 is 28.7 Å². The molecule has 1 saturated carbocycles. The van der Waals surface area contributed by atoms with Crippen LogP contribution in [0.15, 0.2) is 66.7 Å². The second-order valence-corrected chi connectivity index (χ2v) is 13.9. The van der Waals surface area contributed by atoms with Crippen LogP contribution in [0.3, 0.4) is 0 Å². The monoisotopic (exact) mass is 735 g/mol. The fourth-order valence-corrected chi connectivity index (χ4v) is 7.07. The summed E-state index contributed by atoms with van der Waals surface area (Å²) in [6.07, 6.45) is 4.20. The predicted octanol–water partition coefficient (Wildman–Crippen LogP) is 2.82. The predicted molar refractivity (Wildman–Crippen MR) is 199 cm³/mol. The summed E-state index contributed by atoms with van der Waals surface area (Å²) in [5.41, 5.74) is 11.1. The van der Waals surface area contributed by atoms with Crippen LogP contribution in [0.2, 0.25) is 0 Å². The van der Waals surface area contributed by atoms with E-state index in [0.717, 1.165) is 53.5 Å². The van der Waals surface area contributed by atoms with Crippen LogP contribution < -0.4 is 27.0 Å². The van der Waals surface area contributed by atoms with E-state index in [4.69, 9.17) is 10.5 Å². The van der Waals surface area contributed by atoms with Gasteiger partial charge in [-0.2, -0.15) is 5.21 Å². The molecule has 3 unspecified atom stereocenters. The molecule has 1 aliphatic carbocycles. The van der Waals surface area contributed by atoms with Crippen molar-refractivity contribution in [2.75, 3.05) is 19.0 Å². The van der Waals surface area contributed by atoms with Gasteiger partial charge in [0.05, 0.1) is 7.11 Å². The number of carbonyl (C=O) groups is 5. The molecule has 15 heteroatoms. The van der Waals surface area contributed by atoms with Crippen LogP contribution in [0.4, 0.5) is 5.69 Å². The molecule has 2 aliphatic rings. The first-order chi connectivity index (χ1) is 26.1. The number of nitrogens with zero attached hydrogens (tertiary/aromatic N) is 3. The van der Waals surface area contributed by atoms with Gasteiger partial charge in [-0.15, -0.1) is 10.2 Å². The van der Waals surface area contributed by atoms with Gasteiger partial charge in [0, 0.05) is 29.2 Å². The second kappa shape index (κ2) is 17.2. The number of nitrogens with two attached hydrogens (primary N) is 1. The minimum atomic E-state index is -0.829. The first-order valence-electron chi connectivity index (χ1n) is 18.2. The lowest BCUT2D eigenvalue weighted by Gasteiger charge is -2.28. The Kier molecular flexibility index (Phi) is 12.1. The molecule has 1 aromatic heterocycles. The number of aromatic amines is 1. The molecule has 54 heavy (non-hydrogen) atoms. The molecule has 7 N–H and O–H groups in total. The van der Waals surface area contributed by atoms with Gasteiger partial charge in [-0.3, -0.25) is 19.2 Å². The minimum absolute atomic E-state index is 0.135. The highest BCUT2D eigenvalue weighted by atomic mass is 16.5. The molecule has 0 bridgehead atoms. The molecule has 4 amide bonds. The average Bonchev–Trinajstić information content (AvgIpc) is 3.74. The van der Waals surface area contributed by atoms with E-state index in [1.807, 2.05) is 37.3 Å². The summed E-state index contributed by atoms with van der Waals surface area (Å²) in [7, 11) is 1.26. The summed E-state index contributed by atoms with van der Waals surface area (Å²) >= 11 is 0. The van der Waals surface area contributed by atoms with Crippen molar-refractivity contribution in [1.82, 2.24) is 36.6 Å². The van der Waals surface area contributed by atoms with E-state index in [1.54, 1.807) is 36.4 Å². The van der Waals surface area contributed by atoms with E-state index in [2.05, 4.69) is 41.9 Å². The third kappa shape index (κ3) is 9.15. The number of H-pyrrole nitrogens is 1. The zero-order valence-electron chi connectivity index (χ0n) is 30.3. The quantitative estimate of drug-likeness (QED) is 0.117. The van der Waals surface area contributed by atoms with Gasteiger partial charge in [0.25, 0.3) is 5.91 Å². The Balaban J connectivity index is 1.11. The Bertz CT molecular complexity index is 1960. The topological polar surface area (TPSA) is 223 Å². The third-order valence-electron chi connectivity index (χ3n) is 10.3. The number of ether oxygens (including phenoxy) is 1. The molecule has 3 aromatic carbocycles. The van der Waals surface area contributed by atoms with Gasteiger partial charge in [-0.05, 0) is 122 Å². The van der Waals surface area contributed by atoms with Crippen molar-refractivity contribution in [3.8, 4) is 22.5 Å². The van der Waals surface area contributed by atoms with E-state index in [-0.39, 0.29) is 24.2 Å². The number of hydrogen-bond acceptors (Lipinski definition) is 10. The molecular formula is C39H45N9O6. The molecular weight excluding hydrogens is 690 g/mol. The van der Waals surface area contributed by atoms with Crippen LogP contribution in [0.1, 0.15) is 60.0 Å². The second-order valence-electron chi connectivity index (χ2n) is 13.9. The lowest BCUT2D eigenvalue weighted by atomic mass is 9.81. The van der Waals surface area contributed by atoms with Gasteiger partial charge in [-0.1, -0.05) is 30.3 Å². The molecule has 282 valence electrons. The van der Waals surface area contributed by atoms with E-state index < -0.39 is 35.9 Å². The van der Waals surface area contributed by atoms with Crippen molar-refractivity contribution in [3.05, 3.63) is 83.4 Å². The Labute approximate surface area is 312 Å². The maximum Gasteiger partial charge on any atom is 0.328 e. The summed E-state index contributed by atoms with van der Waals surface area (Å²) in [6.45, 7) is 2.52. The van der Waals surface area contributed by atoms with Crippen molar-refractivity contribution in [1.29, 1.82) is 0 Å². The number of anilines is 1. The number of tetrazole rings is 1. The van der Waals surface area contributed by atoms with Crippen molar-refractivity contribution in [3.63, 3.8) is 0 Å². The van der Waals surface area contributed by atoms with E-state index in [0.29, 0.717) is 42.4 Å². The molecule has 4 aromatic rings. The molecule has 0 spiro atoms. The number of esters is 1. The third-order valence-corrected chi connectivity index (χ3v) is 10.3. The molecule has 0 radical (unpaired) electrons. The number of nitrogens with one attached hydrogen (secondary N) is 5. The summed E-state index contributed by atoms with van der Waals surface area (Å²) in [4.78, 5) is 64.5. The Morgan fingerprint density at radius 3 is 2.28 bits per heavy atom. The number of aryl methyl sites for hydroxylation is 1. The molecule has 2 fully saturated rings. The Hall–Kier alpha value is -5.96. The number of methoxy groups -OCH3 is 1. The number of benzene rings is 3. The molecule has 15 nitrogen and oxygen atoms in total. The fourth-order valence-electron chi connectivity index (χ4n) is 7.07.